The molecule has 0 bridgehead atoms. The Morgan fingerprint density at radius 2 is 2.00 bits per heavy atom. The largest absolute Gasteiger partial charge is 0.393 e. The molecule has 2 N–H and O–H groups in total. The number of benzene rings is 1. The summed E-state index contributed by atoms with van der Waals surface area (Å²) in [6.07, 6.45) is 1.64. The number of rotatable bonds is 7. The number of hydrogen-bond donors (Lipinski definition) is 1. The van der Waals surface area contributed by atoms with Gasteiger partial charge in [0, 0.05) is 19.2 Å². The van der Waals surface area contributed by atoms with Crippen LogP contribution in [0, 0.1) is 10.1 Å². The van der Waals surface area contributed by atoms with Gasteiger partial charge in [-0.25, -0.2) is 8.42 Å². The molecule has 0 radical (unpaired) electrons. The number of sulfonamides is 1. The molecule has 112 valence electrons. The van der Waals surface area contributed by atoms with Crippen LogP contribution in [0.3, 0.4) is 0 Å². The van der Waals surface area contributed by atoms with Gasteiger partial charge in [-0.2, -0.15) is 4.31 Å². The quantitative estimate of drug-likeness (QED) is 0.471. The highest BCUT2D eigenvalue weighted by Gasteiger charge is 2.24. The summed E-state index contributed by atoms with van der Waals surface area (Å²) >= 11 is 0. The van der Waals surface area contributed by atoms with Crippen molar-refractivity contribution >= 4 is 21.4 Å². The molecule has 0 aromatic heterocycles. The molecule has 1 aromatic carbocycles. The van der Waals surface area contributed by atoms with Crippen molar-refractivity contribution in [3.8, 4) is 0 Å². The first kappa shape index (κ1) is 16.4. The third kappa shape index (κ3) is 3.45. The standard InChI is InChI=1S/C12H19N3O4S/c1-3-5-8-14(4-2)20(18,19)10-6-7-12(15(16)17)11(13)9-10/h6-7,9H,3-5,8,13H2,1-2H3. The Hall–Kier alpha value is -1.67. The van der Waals surface area contributed by atoms with Gasteiger partial charge in [0.1, 0.15) is 5.69 Å². The molecule has 0 aliphatic rings. The monoisotopic (exact) mass is 301 g/mol. The zero-order chi connectivity index (χ0) is 15.3. The van der Waals surface area contributed by atoms with Crippen molar-refractivity contribution in [3.05, 3.63) is 28.3 Å². The van der Waals surface area contributed by atoms with Gasteiger partial charge in [0.25, 0.3) is 5.69 Å². The number of nitro benzene ring substituents is 1. The summed E-state index contributed by atoms with van der Waals surface area (Å²) in [7, 11) is -3.66. The highest BCUT2D eigenvalue weighted by atomic mass is 32.2. The minimum Gasteiger partial charge on any atom is -0.393 e. The van der Waals surface area contributed by atoms with Crippen LogP contribution in [0.25, 0.3) is 0 Å². The third-order valence-corrected chi connectivity index (χ3v) is 4.92. The summed E-state index contributed by atoms with van der Waals surface area (Å²) in [6, 6.07) is 3.48. The van der Waals surface area contributed by atoms with Crippen LogP contribution in [-0.2, 0) is 10.0 Å². The maximum atomic E-state index is 12.4. The maximum absolute atomic E-state index is 12.4. The number of nitro groups is 1. The van der Waals surface area contributed by atoms with Crippen LogP contribution >= 0.6 is 0 Å². The zero-order valence-corrected chi connectivity index (χ0v) is 12.4. The first-order valence-electron chi connectivity index (χ1n) is 6.38. The second kappa shape index (κ2) is 6.67. The van der Waals surface area contributed by atoms with Gasteiger partial charge in [0.15, 0.2) is 0 Å². The predicted molar refractivity (Wildman–Crippen MR) is 76.8 cm³/mol. The topological polar surface area (TPSA) is 107 Å². The lowest BCUT2D eigenvalue weighted by Gasteiger charge is -2.20. The van der Waals surface area contributed by atoms with Crippen molar-refractivity contribution < 1.29 is 13.3 Å². The molecule has 0 amide bonds. The number of unbranched alkanes of at least 4 members (excludes halogenated alkanes) is 1. The van der Waals surface area contributed by atoms with Gasteiger partial charge in [0.2, 0.25) is 10.0 Å². The molecule has 0 unspecified atom stereocenters. The molecule has 8 heteroatoms. The summed E-state index contributed by atoms with van der Waals surface area (Å²) in [5.74, 6) is 0. The van der Waals surface area contributed by atoms with E-state index >= 15 is 0 Å². The van der Waals surface area contributed by atoms with Crippen LogP contribution in [0.5, 0.6) is 0 Å². The first-order valence-corrected chi connectivity index (χ1v) is 7.82. The van der Waals surface area contributed by atoms with E-state index in [1.807, 2.05) is 6.92 Å². The van der Waals surface area contributed by atoms with E-state index in [1.54, 1.807) is 6.92 Å². The fourth-order valence-electron chi connectivity index (χ4n) is 1.79. The molecule has 0 heterocycles. The minimum atomic E-state index is -3.66. The minimum absolute atomic E-state index is 0.0152. The van der Waals surface area contributed by atoms with E-state index in [0.29, 0.717) is 13.1 Å². The number of nitrogens with two attached hydrogens (primary N) is 1. The molecule has 20 heavy (non-hydrogen) atoms. The average molecular weight is 301 g/mol. The molecule has 7 nitrogen and oxygen atoms in total. The van der Waals surface area contributed by atoms with Crippen LogP contribution in [0.1, 0.15) is 26.7 Å². The lowest BCUT2D eigenvalue weighted by Crippen LogP contribution is -2.31. The molecule has 0 saturated carbocycles. The van der Waals surface area contributed by atoms with Crippen molar-refractivity contribution in [1.29, 1.82) is 0 Å². The fourth-order valence-corrected chi connectivity index (χ4v) is 3.31. The second-order valence-corrected chi connectivity index (χ2v) is 6.27. The SMILES string of the molecule is CCCCN(CC)S(=O)(=O)c1ccc([N+](=O)[O-])c(N)c1. The van der Waals surface area contributed by atoms with Crippen LogP contribution in [-0.4, -0.2) is 30.7 Å². The Balaban J connectivity index is 3.15. The van der Waals surface area contributed by atoms with E-state index in [0.717, 1.165) is 25.0 Å². The molecule has 0 atom stereocenters. The smallest absolute Gasteiger partial charge is 0.292 e. The Labute approximate surface area is 118 Å². The molecule has 0 fully saturated rings. The van der Waals surface area contributed by atoms with E-state index < -0.39 is 14.9 Å². The van der Waals surface area contributed by atoms with Crippen molar-refractivity contribution in [3.63, 3.8) is 0 Å². The van der Waals surface area contributed by atoms with Gasteiger partial charge in [0.05, 0.1) is 9.82 Å². The van der Waals surface area contributed by atoms with Gasteiger partial charge in [-0.05, 0) is 18.6 Å². The zero-order valence-electron chi connectivity index (χ0n) is 11.6. The molecule has 0 spiro atoms. The number of hydrogen-bond acceptors (Lipinski definition) is 5. The summed E-state index contributed by atoms with van der Waals surface area (Å²) < 4.78 is 26.2. The van der Waals surface area contributed by atoms with E-state index in [1.165, 1.54) is 10.4 Å². The first-order chi connectivity index (χ1) is 9.34. The van der Waals surface area contributed by atoms with Crippen LogP contribution in [0.2, 0.25) is 0 Å². The van der Waals surface area contributed by atoms with Crippen molar-refractivity contribution in [1.82, 2.24) is 4.31 Å². The molecule has 1 rings (SSSR count). The van der Waals surface area contributed by atoms with Crippen LogP contribution in [0.4, 0.5) is 11.4 Å². The van der Waals surface area contributed by atoms with Gasteiger partial charge < -0.3 is 5.73 Å². The fraction of sp³-hybridized carbons (Fsp3) is 0.500. The van der Waals surface area contributed by atoms with E-state index in [-0.39, 0.29) is 16.3 Å². The molecule has 1 aromatic rings. The van der Waals surface area contributed by atoms with E-state index in [4.69, 9.17) is 5.73 Å². The lowest BCUT2D eigenvalue weighted by molar-refractivity contribution is -0.383. The highest BCUT2D eigenvalue weighted by molar-refractivity contribution is 7.89. The molecule has 0 aliphatic carbocycles. The highest BCUT2D eigenvalue weighted by Crippen LogP contribution is 2.26. The lowest BCUT2D eigenvalue weighted by atomic mass is 10.3. The molecular weight excluding hydrogens is 282 g/mol. The molecule has 0 saturated heterocycles. The summed E-state index contributed by atoms with van der Waals surface area (Å²) in [4.78, 5) is 10.0. The van der Waals surface area contributed by atoms with Crippen molar-refractivity contribution in [2.24, 2.45) is 0 Å². The van der Waals surface area contributed by atoms with E-state index in [2.05, 4.69) is 0 Å². The summed E-state index contributed by atoms with van der Waals surface area (Å²) in [5.41, 5.74) is 5.09. The second-order valence-electron chi connectivity index (χ2n) is 4.33. The van der Waals surface area contributed by atoms with Gasteiger partial charge in [-0.3, -0.25) is 10.1 Å². The van der Waals surface area contributed by atoms with Crippen molar-refractivity contribution in [2.75, 3.05) is 18.8 Å². The average Bonchev–Trinajstić information content (AvgIpc) is 2.38. The Kier molecular flexibility index (Phi) is 5.46. The Morgan fingerprint density at radius 1 is 1.35 bits per heavy atom. The van der Waals surface area contributed by atoms with Gasteiger partial charge >= 0.3 is 0 Å². The Morgan fingerprint density at radius 3 is 2.45 bits per heavy atom. The Bertz CT molecular complexity index is 586. The molecular formula is C12H19N3O4S. The van der Waals surface area contributed by atoms with E-state index in [9.17, 15) is 18.5 Å². The number of nitrogens with zero attached hydrogens (tertiary/aromatic N) is 2. The third-order valence-electron chi connectivity index (χ3n) is 2.95. The molecule has 0 aliphatic heterocycles. The summed E-state index contributed by atoms with van der Waals surface area (Å²) in [5, 5.41) is 10.7. The number of anilines is 1. The normalized spacial score (nSPS) is 11.8. The van der Waals surface area contributed by atoms with Crippen LogP contribution in [0.15, 0.2) is 23.1 Å². The van der Waals surface area contributed by atoms with Crippen LogP contribution < -0.4 is 5.73 Å². The van der Waals surface area contributed by atoms with Gasteiger partial charge in [-0.1, -0.05) is 20.3 Å². The summed E-state index contributed by atoms with van der Waals surface area (Å²) in [6.45, 7) is 4.50. The predicted octanol–water partition coefficient (Wildman–Crippen LogP) is 1.99. The van der Waals surface area contributed by atoms with Crippen molar-refractivity contribution in [2.45, 2.75) is 31.6 Å². The maximum Gasteiger partial charge on any atom is 0.292 e. The number of nitrogen functional groups attached to an aromatic ring is 1. The van der Waals surface area contributed by atoms with Gasteiger partial charge in [-0.15, -0.1) is 0 Å².